The summed E-state index contributed by atoms with van der Waals surface area (Å²) in [5.74, 6) is 2.86. The topological polar surface area (TPSA) is 39.9 Å². The van der Waals surface area contributed by atoms with Gasteiger partial charge < -0.3 is 9.30 Å². The number of pyridine rings is 1. The van der Waals surface area contributed by atoms with Gasteiger partial charge in [-0.05, 0) is 12.3 Å². The molecule has 0 bridgehead atoms. The molecule has 0 spiro atoms. The van der Waals surface area contributed by atoms with Crippen LogP contribution in [0, 0.1) is 0 Å². The predicted octanol–water partition coefficient (Wildman–Crippen LogP) is 2.54. The lowest BCUT2D eigenvalue weighted by Gasteiger charge is -2.06. The minimum atomic E-state index is 0.396. The smallest absolute Gasteiger partial charge is 0.215 e. The molecule has 6 heteroatoms. The number of hydrogen-bond donors (Lipinski definition) is 0. The second kappa shape index (κ2) is 5.60. The molecule has 0 atom stereocenters. The van der Waals surface area contributed by atoms with Crippen molar-refractivity contribution in [2.75, 3.05) is 19.1 Å². The average Bonchev–Trinajstić information content (AvgIpc) is 2.73. The third-order valence-corrected chi connectivity index (χ3v) is 3.32. The van der Waals surface area contributed by atoms with Gasteiger partial charge in [0.25, 0.3) is 0 Å². The van der Waals surface area contributed by atoms with E-state index in [1.165, 1.54) is 0 Å². The van der Waals surface area contributed by atoms with Gasteiger partial charge in [-0.3, -0.25) is 0 Å². The Morgan fingerprint density at radius 1 is 1.41 bits per heavy atom. The van der Waals surface area contributed by atoms with Crippen LogP contribution in [0.4, 0.5) is 0 Å². The molecule has 0 saturated carbocycles. The Labute approximate surface area is 109 Å². The molecule has 0 aliphatic rings. The number of fused-ring (bicyclic) bond motifs is 1. The van der Waals surface area contributed by atoms with Gasteiger partial charge >= 0.3 is 0 Å². The zero-order chi connectivity index (χ0) is 12.3. The molecule has 2 aromatic rings. The van der Waals surface area contributed by atoms with Crippen molar-refractivity contribution in [1.29, 1.82) is 0 Å². The molecular weight excluding hydrogens is 258 g/mol. The number of halogens is 1. The molecule has 2 rings (SSSR count). The van der Waals surface area contributed by atoms with Gasteiger partial charge in [-0.25, -0.2) is 4.98 Å². The van der Waals surface area contributed by atoms with Crippen LogP contribution in [0.5, 0.6) is 5.88 Å². The van der Waals surface area contributed by atoms with E-state index in [2.05, 4.69) is 20.8 Å². The first-order valence-corrected chi connectivity index (χ1v) is 7.18. The van der Waals surface area contributed by atoms with E-state index in [-0.39, 0.29) is 0 Å². The summed E-state index contributed by atoms with van der Waals surface area (Å²) in [6.07, 6.45) is 2.08. The molecule has 92 valence electrons. The van der Waals surface area contributed by atoms with E-state index in [0.717, 1.165) is 29.3 Å². The van der Waals surface area contributed by atoms with E-state index < -0.39 is 0 Å². The van der Waals surface area contributed by atoms with E-state index >= 15 is 0 Å². The Hall–Kier alpha value is -0.940. The van der Waals surface area contributed by atoms with Crippen LogP contribution in [0.3, 0.4) is 0 Å². The van der Waals surface area contributed by atoms with E-state index in [4.69, 9.17) is 16.3 Å². The highest BCUT2D eigenvalue weighted by Gasteiger charge is 2.11. The van der Waals surface area contributed by atoms with E-state index in [1.807, 2.05) is 12.1 Å². The van der Waals surface area contributed by atoms with E-state index in [0.29, 0.717) is 11.8 Å². The number of aryl methyl sites for hydroxylation is 1. The van der Waals surface area contributed by atoms with Crippen LogP contribution in [0.1, 0.15) is 5.82 Å². The molecule has 0 N–H and O–H groups in total. The van der Waals surface area contributed by atoms with Crippen molar-refractivity contribution in [3.63, 3.8) is 0 Å². The van der Waals surface area contributed by atoms with Crippen LogP contribution in [0.25, 0.3) is 11.2 Å². The largest absolute Gasteiger partial charge is 0.481 e. The maximum absolute atomic E-state index is 5.91. The lowest BCUT2D eigenvalue weighted by Crippen LogP contribution is -2.05. The SMILES string of the molecule is COc1ccc2nc(CCl)n(CCSC)c2n1. The lowest BCUT2D eigenvalue weighted by molar-refractivity contribution is 0.399. The van der Waals surface area contributed by atoms with Crippen molar-refractivity contribution in [2.24, 2.45) is 0 Å². The fourth-order valence-electron chi connectivity index (χ4n) is 1.66. The summed E-state index contributed by atoms with van der Waals surface area (Å²) in [7, 11) is 1.61. The second-order valence-electron chi connectivity index (χ2n) is 3.50. The molecule has 0 aromatic carbocycles. The zero-order valence-electron chi connectivity index (χ0n) is 9.81. The molecular formula is C11H14ClN3OS. The highest BCUT2D eigenvalue weighted by Crippen LogP contribution is 2.19. The maximum Gasteiger partial charge on any atom is 0.215 e. The molecule has 17 heavy (non-hydrogen) atoms. The lowest BCUT2D eigenvalue weighted by atomic mass is 10.4. The van der Waals surface area contributed by atoms with E-state index in [9.17, 15) is 0 Å². The third-order valence-electron chi connectivity index (χ3n) is 2.49. The Bertz CT molecular complexity index is 515. The number of thioether (sulfide) groups is 1. The van der Waals surface area contributed by atoms with E-state index in [1.54, 1.807) is 18.9 Å². The van der Waals surface area contributed by atoms with Crippen LogP contribution in [0.15, 0.2) is 12.1 Å². The number of hydrogen-bond acceptors (Lipinski definition) is 4. The number of methoxy groups -OCH3 is 1. The molecule has 0 fully saturated rings. The molecule has 0 amide bonds. The van der Waals surface area contributed by atoms with Crippen LogP contribution in [0.2, 0.25) is 0 Å². The Kier molecular flexibility index (Phi) is 4.12. The van der Waals surface area contributed by atoms with Gasteiger partial charge in [-0.1, -0.05) is 0 Å². The minimum absolute atomic E-state index is 0.396. The van der Waals surface area contributed by atoms with Crippen molar-refractivity contribution in [2.45, 2.75) is 12.4 Å². The number of nitrogens with zero attached hydrogens (tertiary/aromatic N) is 3. The Morgan fingerprint density at radius 2 is 2.24 bits per heavy atom. The number of aromatic nitrogens is 3. The standard InChI is InChI=1S/C11H14ClN3OS/c1-16-10-4-3-8-11(14-10)15(5-6-17-2)9(7-12)13-8/h3-4H,5-7H2,1-2H3. The normalized spacial score (nSPS) is 11.0. The van der Waals surface area contributed by atoms with Crippen molar-refractivity contribution < 1.29 is 4.74 Å². The predicted molar refractivity (Wildman–Crippen MR) is 72.0 cm³/mol. The summed E-state index contributed by atoms with van der Waals surface area (Å²) in [5, 5.41) is 0. The van der Waals surface area contributed by atoms with Crippen molar-refractivity contribution >= 4 is 34.5 Å². The molecule has 0 aliphatic heterocycles. The summed E-state index contributed by atoms with van der Waals surface area (Å²) < 4.78 is 7.19. The molecule has 0 radical (unpaired) electrons. The van der Waals surface area contributed by atoms with Gasteiger partial charge in [0.1, 0.15) is 11.3 Å². The van der Waals surface area contributed by atoms with Gasteiger partial charge in [0, 0.05) is 18.4 Å². The molecule has 2 heterocycles. The van der Waals surface area contributed by atoms with Gasteiger partial charge in [-0.2, -0.15) is 16.7 Å². The monoisotopic (exact) mass is 271 g/mol. The number of imidazole rings is 1. The second-order valence-corrected chi connectivity index (χ2v) is 4.76. The number of ether oxygens (including phenoxy) is 1. The highest BCUT2D eigenvalue weighted by atomic mass is 35.5. The zero-order valence-corrected chi connectivity index (χ0v) is 11.4. The van der Waals surface area contributed by atoms with Crippen LogP contribution >= 0.6 is 23.4 Å². The summed E-state index contributed by atoms with van der Waals surface area (Å²) >= 11 is 7.69. The first kappa shape index (κ1) is 12.5. The van der Waals surface area contributed by atoms with Crippen molar-refractivity contribution in [3.8, 4) is 5.88 Å². The first-order chi connectivity index (χ1) is 8.30. The quantitative estimate of drug-likeness (QED) is 0.784. The Morgan fingerprint density at radius 3 is 2.88 bits per heavy atom. The van der Waals surface area contributed by atoms with Crippen LogP contribution in [-0.4, -0.2) is 33.7 Å². The highest BCUT2D eigenvalue weighted by molar-refractivity contribution is 7.98. The molecule has 0 aliphatic carbocycles. The molecule has 4 nitrogen and oxygen atoms in total. The fourth-order valence-corrected chi connectivity index (χ4v) is 2.23. The Balaban J connectivity index is 2.50. The summed E-state index contributed by atoms with van der Waals surface area (Å²) in [6.45, 7) is 0.861. The molecule has 2 aromatic heterocycles. The van der Waals surface area contributed by atoms with Gasteiger partial charge in [0.15, 0.2) is 5.65 Å². The fraction of sp³-hybridized carbons (Fsp3) is 0.455. The summed E-state index contributed by atoms with van der Waals surface area (Å²) in [4.78, 5) is 8.89. The minimum Gasteiger partial charge on any atom is -0.481 e. The molecule has 0 saturated heterocycles. The maximum atomic E-state index is 5.91. The first-order valence-electron chi connectivity index (χ1n) is 5.25. The third kappa shape index (κ3) is 2.50. The average molecular weight is 272 g/mol. The van der Waals surface area contributed by atoms with Crippen molar-refractivity contribution in [1.82, 2.24) is 14.5 Å². The number of alkyl halides is 1. The van der Waals surface area contributed by atoms with Gasteiger partial charge in [0.2, 0.25) is 5.88 Å². The number of rotatable bonds is 5. The van der Waals surface area contributed by atoms with Crippen LogP contribution in [-0.2, 0) is 12.4 Å². The summed E-state index contributed by atoms with van der Waals surface area (Å²) in [5.41, 5.74) is 1.71. The molecule has 0 unspecified atom stereocenters. The van der Waals surface area contributed by atoms with Gasteiger partial charge in [-0.15, -0.1) is 11.6 Å². The van der Waals surface area contributed by atoms with Crippen LogP contribution < -0.4 is 4.74 Å². The van der Waals surface area contributed by atoms with Gasteiger partial charge in [0.05, 0.1) is 13.0 Å². The summed E-state index contributed by atoms with van der Waals surface area (Å²) in [6, 6.07) is 3.72. The van der Waals surface area contributed by atoms with Crippen molar-refractivity contribution in [3.05, 3.63) is 18.0 Å².